The molecule has 2 aliphatic rings. The maximum absolute atomic E-state index is 5.99. The van der Waals surface area contributed by atoms with E-state index < -0.39 is 0 Å². The van der Waals surface area contributed by atoms with Crippen molar-refractivity contribution in [1.82, 2.24) is 15.6 Å². The van der Waals surface area contributed by atoms with Crippen LogP contribution in [0.4, 0.5) is 0 Å². The minimum Gasteiger partial charge on any atom is -0.314 e. The Balaban J connectivity index is 2.02. The summed E-state index contributed by atoms with van der Waals surface area (Å²) in [5, 5.41) is 7.73. The van der Waals surface area contributed by atoms with Gasteiger partial charge in [-0.25, -0.2) is 4.98 Å². The van der Waals surface area contributed by atoms with Gasteiger partial charge in [0.15, 0.2) is 0 Å². The molecule has 3 rings (SSSR count). The third-order valence-electron chi connectivity index (χ3n) is 3.49. The van der Waals surface area contributed by atoms with E-state index in [0.29, 0.717) is 16.2 Å². The predicted octanol–water partition coefficient (Wildman–Crippen LogP) is 1.20. The number of aromatic nitrogens is 1. The van der Waals surface area contributed by atoms with Crippen LogP contribution in [0.2, 0.25) is 10.2 Å². The smallest absolute Gasteiger partial charge is 0.147 e. The van der Waals surface area contributed by atoms with Crippen LogP contribution in [0.25, 0.3) is 0 Å². The quantitative estimate of drug-likeness (QED) is 0.729. The van der Waals surface area contributed by atoms with Gasteiger partial charge in [0.05, 0.1) is 5.02 Å². The van der Waals surface area contributed by atoms with Crippen molar-refractivity contribution in [3.63, 3.8) is 0 Å². The Morgan fingerprint density at radius 1 is 1.40 bits per heavy atom. The van der Waals surface area contributed by atoms with Crippen molar-refractivity contribution in [3.8, 4) is 0 Å². The van der Waals surface area contributed by atoms with Gasteiger partial charge in [-0.15, -0.1) is 0 Å². The summed E-state index contributed by atoms with van der Waals surface area (Å²) >= 11 is 11.8. The van der Waals surface area contributed by atoms with Crippen LogP contribution >= 0.6 is 23.2 Å². The Bertz CT molecular complexity index is 410. The Kier molecular flexibility index (Phi) is 2.18. The fourth-order valence-corrected chi connectivity index (χ4v) is 2.75. The van der Waals surface area contributed by atoms with E-state index in [4.69, 9.17) is 23.2 Å². The monoisotopic (exact) mass is 243 g/mol. The largest absolute Gasteiger partial charge is 0.314 e. The Labute approximate surface area is 98.2 Å². The SMILES string of the molecule is Clc1cc(C23CNCC2NC3)cnc1Cl. The molecule has 0 spiro atoms. The molecule has 2 aliphatic heterocycles. The van der Waals surface area contributed by atoms with Gasteiger partial charge in [-0.1, -0.05) is 23.2 Å². The molecule has 0 bridgehead atoms. The third kappa shape index (κ3) is 1.31. The van der Waals surface area contributed by atoms with Crippen molar-refractivity contribution in [3.05, 3.63) is 28.0 Å². The molecule has 2 unspecified atom stereocenters. The van der Waals surface area contributed by atoms with Crippen LogP contribution in [0, 0.1) is 0 Å². The lowest BCUT2D eigenvalue weighted by atomic mass is 9.71. The molecule has 5 heteroatoms. The normalized spacial score (nSPS) is 33.6. The molecule has 0 amide bonds. The van der Waals surface area contributed by atoms with Crippen molar-refractivity contribution >= 4 is 23.2 Å². The van der Waals surface area contributed by atoms with Crippen LogP contribution in [0.15, 0.2) is 12.3 Å². The molecule has 80 valence electrons. The zero-order valence-electron chi connectivity index (χ0n) is 8.06. The van der Waals surface area contributed by atoms with E-state index in [9.17, 15) is 0 Å². The first-order chi connectivity index (χ1) is 7.22. The molecular weight excluding hydrogens is 233 g/mol. The van der Waals surface area contributed by atoms with Crippen molar-refractivity contribution in [2.75, 3.05) is 19.6 Å². The molecule has 1 aromatic heterocycles. The molecule has 3 nitrogen and oxygen atoms in total. The van der Waals surface area contributed by atoms with Gasteiger partial charge < -0.3 is 10.6 Å². The highest BCUT2D eigenvalue weighted by molar-refractivity contribution is 6.41. The molecule has 0 aromatic carbocycles. The van der Waals surface area contributed by atoms with Crippen LogP contribution in [0.3, 0.4) is 0 Å². The van der Waals surface area contributed by atoms with Gasteiger partial charge >= 0.3 is 0 Å². The lowest BCUT2D eigenvalue weighted by Gasteiger charge is -2.45. The second kappa shape index (κ2) is 3.32. The summed E-state index contributed by atoms with van der Waals surface area (Å²) in [6.45, 7) is 2.99. The number of rotatable bonds is 1. The van der Waals surface area contributed by atoms with E-state index in [0.717, 1.165) is 19.6 Å². The van der Waals surface area contributed by atoms with E-state index in [1.54, 1.807) is 0 Å². The molecule has 0 aliphatic carbocycles. The first kappa shape index (κ1) is 9.85. The predicted molar refractivity (Wildman–Crippen MR) is 60.6 cm³/mol. The molecule has 2 N–H and O–H groups in total. The Morgan fingerprint density at radius 3 is 2.87 bits per heavy atom. The molecule has 3 heterocycles. The van der Waals surface area contributed by atoms with Crippen LogP contribution < -0.4 is 10.6 Å². The average molecular weight is 244 g/mol. The summed E-state index contributed by atoms with van der Waals surface area (Å²) in [4.78, 5) is 4.11. The van der Waals surface area contributed by atoms with Crippen LogP contribution in [-0.4, -0.2) is 30.7 Å². The van der Waals surface area contributed by atoms with Gasteiger partial charge in [-0.2, -0.15) is 0 Å². The van der Waals surface area contributed by atoms with Gasteiger partial charge in [0.25, 0.3) is 0 Å². The summed E-state index contributed by atoms with van der Waals surface area (Å²) in [5.41, 5.74) is 1.37. The highest BCUT2D eigenvalue weighted by atomic mass is 35.5. The highest BCUT2D eigenvalue weighted by Gasteiger charge is 2.51. The van der Waals surface area contributed by atoms with E-state index >= 15 is 0 Å². The third-order valence-corrected chi connectivity index (χ3v) is 4.18. The van der Waals surface area contributed by atoms with E-state index in [1.807, 2.05) is 12.3 Å². The molecule has 15 heavy (non-hydrogen) atoms. The summed E-state index contributed by atoms with van der Waals surface area (Å²) in [7, 11) is 0. The van der Waals surface area contributed by atoms with E-state index in [2.05, 4.69) is 15.6 Å². The lowest BCUT2D eigenvalue weighted by molar-refractivity contribution is 0.234. The van der Waals surface area contributed by atoms with Gasteiger partial charge in [-0.3, -0.25) is 0 Å². The van der Waals surface area contributed by atoms with E-state index in [1.165, 1.54) is 5.56 Å². The fourth-order valence-electron chi connectivity index (χ4n) is 2.48. The minimum atomic E-state index is 0.182. The standard InChI is InChI=1S/C10H11Cl2N3/c11-7-1-6(2-14-9(7)12)10-4-13-3-8(10)15-5-10/h1-2,8,13,15H,3-5H2. The topological polar surface area (TPSA) is 37.0 Å². The number of hydrogen-bond acceptors (Lipinski definition) is 3. The van der Waals surface area contributed by atoms with Crippen molar-refractivity contribution in [1.29, 1.82) is 0 Å². The van der Waals surface area contributed by atoms with Crippen molar-refractivity contribution in [2.24, 2.45) is 0 Å². The van der Waals surface area contributed by atoms with Crippen molar-refractivity contribution < 1.29 is 0 Å². The maximum Gasteiger partial charge on any atom is 0.147 e. The molecule has 2 atom stereocenters. The second-order valence-electron chi connectivity index (χ2n) is 4.22. The summed E-state index contributed by atoms with van der Waals surface area (Å²) in [5.74, 6) is 0. The van der Waals surface area contributed by atoms with Gasteiger partial charge in [0.2, 0.25) is 0 Å². The second-order valence-corrected chi connectivity index (χ2v) is 4.98. The van der Waals surface area contributed by atoms with Crippen molar-refractivity contribution in [2.45, 2.75) is 11.5 Å². The number of nitrogens with zero attached hydrogens (tertiary/aromatic N) is 1. The molecule has 0 radical (unpaired) electrons. The maximum atomic E-state index is 5.99. The molecule has 1 aromatic rings. The van der Waals surface area contributed by atoms with Crippen LogP contribution in [0.1, 0.15) is 5.56 Å². The van der Waals surface area contributed by atoms with Crippen LogP contribution in [-0.2, 0) is 5.41 Å². The van der Waals surface area contributed by atoms with Gasteiger partial charge in [0, 0.05) is 37.3 Å². The summed E-state index contributed by atoms with van der Waals surface area (Å²) in [6.07, 6.45) is 1.84. The number of halogens is 2. The zero-order valence-corrected chi connectivity index (χ0v) is 9.57. The highest BCUT2D eigenvalue weighted by Crippen LogP contribution is 2.38. The number of pyridine rings is 1. The first-order valence-corrected chi connectivity index (χ1v) is 5.74. The number of fused-ring (bicyclic) bond motifs is 1. The molecular formula is C10H11Cl2N3. The summed E-state index contributed by atoms with van der Waals surface area (Å²) < 4.78 is 0. The van der Waals surface area contributed by atoms with Gasteiger partial charge in [0.1, 0.15) is 5.15 Å². The lowest BCUT2D eigenvalue weighted by Crippen LogP contribution is -2.64. The molecule has 2 fully saturated rings. The number of nitrogens with one attached hydrogen (secondary N) is 2. The average Bonchev–Trinajstić information content (AvgIpc) is 2.48. The zero-order chi connectivity index (χ0) is 10.5. The fraction of sp³-hybridized carbons (Fsp3) is 0.500. The number of hydrogen-bond donors (Lipinski definition) is 2. The van der Waals surface area contributed by atoms with E-state index in [-0.39, 0.29) is 5.41 Å². The molecule has 2 saturated heterocycles. The Morgan fingerprint density at radius 2 is 2.27 bits per heavy atom. The van der Waals surface area contributed by atoms with Crippen LogP contribution in [0.5, 0.6) is 0 Å². The first-order valence-electron chi connectivity index (χ1n) is 4.98. The molecule has 0 saturated carbocycles. The Hall–Kier alpha value is -0.350. The van der Waals surface area contributed by atoms with Gasteiger partial charge in [-0.05, 0) is 11.6 Å². The summed E-state index contributed by atoms with van der Waals surface area (Å²) in [6, 6.07) is 2.45. The minimum absolute atomic E-state index is 0.182.